The molecule has 1 unspecified atom stereocenters. The van der Waals surface area contributed by atoms with Crippen LogP contribution in [-0.2, 0) is 4.79 Å². The third-order valence-corrected chi connectivity index (χ3v) is 4.80. The van der Waals surface area contributed by atoms with Crippen molar-refractivity contribution in [2.45, 2.75) is 32.9 Å². The number of carbonyl (C=O) groups is 2. The highest BCUT2D eigenvalue weighted by Crippen LogP contribution is 2.18. The van der Waals surface area contributed by atoms with Crippen molar-refractivity contribution in [3.63, 3.8) is 0 Å². The van der Waals surface area contributed by atoms with E-state index in [0.717, 1.165) is 17.4 Å². The summed E-state index contributed by atoms with van der Waals surface area (Å²) in [6.07, 6.45) is 0. The second kappa shape index (κ2) is 8.90. The lowest BCUT2D eigenvalue weighted by Crippen LogP contribution is -2.31. The first-order chi connectivity index (χ1) is 10.4. The first-order valence-corrected chi connectivity index (χ1v) is 8.55. The fourth-order valence-corrected chi connectivity index (χ4v) is 3.36. The predicted molar refractivity (Wildman–Crippen MR) is 97.6 cm³/mol. The maximum Gasteiger partial charge on any atom is 0.237 e. The number of hydrogen-bond acceptors (Lipinski definition) is 4. The Kier molecular flexibility index (Phi) is 7.55. The van der Waals surface area contributed by atoms with Crippen molar-refractivity contribution in [2.24, 2.45) is 0 Å². The van der Waals surface area contributed by atoms with Crippen molar-refractivity contribution in [2.75, 3.05) is 18.4 Å². The Morgan fingerprint density at radius 2 is 1.77 bits per heavy atom. The predicted octanol–water partition coefficient (Wildman–Crippen LogP) is 3.58. The number of amides is 1. The minimum Gasteiger partial charge on any atom is -0.358 e. The summed E-state index contributed by atoms with van der Waals surface area (Å²) in [5, 5.41) is 2.56. The molecule has 0 radical (unpaired) electrons. The van der Waals surface area contributed by atoms with Crippen LogP contribution >= 0.6 is 24.0 Å². The molecule has 1 N–H and O–H groups in total. The summed E-state index contributed by atoms with van der Waals surface area (Å²) >= 11 is 6.73. The van der Waals surface area contributed by atoms with Crippen LogP contribution in [0.4, 0.5) is 5.69 Å². The van der Waals surface area contributed by atoms with Gasteiger partial charge in [-0.15, -0.1) is 0 Å². The number of carbonyl (C=O) groups excluding carboxylic acids is 2. The van der Waals surface area contributed by atoms with Gasteiger partial charge in [0.25, 0.3) is 0 Å². The van der Waals surface area contributed by atoms with E-state index in [-0.39, 0.29) is 16.9 Å². The number of thioether (sulfide) groups is 1. The Morgan fingerprint density at radius 1 is 1.23 bits per heavy atom. The lowest BCUT2D eigenvalue weighted by Gasteiger charge is -2.22. The summed E-state index contributed by atoms with van der Waals surface area (Å²) in [5.41, 5.74) is 1.30. The van der Waals surface area contributed by atoms with Crippen molar-refractivity contribution in [1.29, 1.82) is 0 Å². The van der Waals surface area contributed by atoms with Crippen LogP contribution < -0.4 is 5.32 Å². The molecule has 4 nitrogen and oxygen atoms in total. The van der Waals surface area contributed by atoms with Gasteiger partial charge < -0.3 is 10.2 Å². The van der Waals surface area contributed by atoms with E-state index in [2.05, 4.69) is 5.32 Å². The zero-order chi connectivity index (χ0) is 16.7. The average Bonchev–Trinajstić information content (AvgIpc) is 2.48. The summed E-state index contributed by atoms with van der Waals surface area (Å²) < 4.78 is 0.736. The van der Waals surface area contributed by atoms with Gasteiger partial charge in [0.2, 0.25) is 5.91 Å². The van der Waals surface area contributed by atoms with Crippen LogP contribution in [0.25, 0.3) is 0 Å². The standard InChI is InChI=1S/C16H22N2O2S2/c1-5-18(6-2)16(21)22-12(4)15(20)17-14-9-7-13(8-10-14)11(3)19/h7-10,12H,5-6H2,1-4H3,(H,17,20). The number of rotatable bonds is 6. The maximum absolute atomic E-state index is 12.2. The van der Waals surface area contributed by atoms with Gasteiger partial charge in [0, 0.05) is 24.3 Å². The normalized spacial score (nSPS) is 11.6. The minimum absolute atomic E-state index is 0.00590. The molecular formula is C16H22N2O2S2. The van der Waals surface area contributed by atoms with Gasteiger partial charge >= 0.3 is 0 Å². The maximum atomic E-state index is 12.2. The number of nitrogens with zero attached hydrogens (tertiary/aromatic N) is 1. The largest absolute Gasteiger partial charge is 0.358 e. The van der Waals surface area contributed by atoms with Gasteiger partial charge in [-0.05, 0) is 52.0 Å². The van der Waals surface area contributed by atoms with Crippen LogP contribution in [0.15, 0.2) is 24.3 Å². The van der Waals surface area contributed by atoms with Gasteiger partial charge in [-0.25, -0.2) is 0 Å². The molecule has 1 atom stereocenters. The van der Waals surface area contributed by atoms with E-state index in [0.29, 0.717) is 11.3 Å². The Morgan fingerprint density at radius 3 is 2.23 bits per heavy atom. The quantitative estimate of drug-likeness (QED) is 0.635. The third kappa shape index (κ3) is 5.42. The lowest BCUT2D eigenvalue weighted by molar-refractivity contribution is -0.115. The van der Waals surface area contributed by atoms with E-state index in [9.17, 15) is 9.59 Å². The number of ketones is 1. The molecule has 1 aromatic carbocycles. The van der Waals surface area contributed by atoms with E-state index < -0.39 is 0 Å². The van der Waals surface area contributed by atoms with Gasteiger partial charge in [-0.2, -0.15) is 0 Å². The van der Waals surface area contributed by atoms with Gasteiger partial charge in [0.1, 0.15) is 4.32 Å². The summed E-state index contributed by atoms with van der Waals surface area (Å²) in [7, 11) is 0. The molecule has 0 aromatic heterocycles. The first-order valence-electron chi connectivity index (χ1n) is 7.26. The molecule has 0 spiro atoms. The van der Waals surface area contributed by atoms with E-state index in [4.69, 9.17) is 12.2 Å². The monoisotopic (exact) mass is 338 g/mol. The molecule has 1 aromatic rings. The molecule has 6 heteroatoms. The van der Waals surface area contributed by atoms with Crippen LogP contribution in [0.1, 0.15) is 38.1 Å². The zero-order valence-corrected chi connectivity index (χ0v) is 15.0. The highest BCUT2D eigenvalue weighted by atomic mass is 32.2. The fourth-order valence-electron chi connectivity index (χ4n) is 1.79. The molecule has 1 amide bonds. The molecule has 0 fully saturated rings. The second-order valence-electron chi connectivity index (χ2n) is 4.82. The van der Waals surface area contributed by atoms with E-state index in [1.54, 1.807) is 24.3 Å². The average molecular weight is 338 g/mol. The molecule has 0 heterocycles. The number of thiocarbonyl (C=S) groups is 1. The van der Waals surface area contributed by atoms with Crippen LogP contribution in [0.2, 0.25) is 0 Å². The van der Waals surface area contributed by atoms with Crippen molar-refractivity contribution in [3.8, 4) is 0 Å². The van der Waals surface area contributed by atoms with Crippen molar-refractivity contribution in [1.82, 2.24) is 4.90 Å². The smallest absolute Gasteiger partial charge is 0.237 e. The molecule has 0 aliphatic heterocycles. The summed E-state index contributed by atoms with van der Waals surface area (Å²) in [4.78, 5) is 25.5. The Labute approximate surface area is 141 Å². The van der Waals surface area contributed by atoms with Gasteiger partial charge in [-0.1, -0.05) is 24.0 Å². The van der Waals surface area contributed by atoms with Crippen molar-refractivity contribution >= 4 is 45.7 Å². The molecule has 22 heavy (non-hydrogen) atoms. The molecule has 0 bridgehead atoms. The van der Waals surface area contributed by atoms with Crippen molar-refractivity contribution in [3.05, 3.63) is 29.8 Å². The summed E-state index contributed by atoms with van der Waals surface area (Å²) in [6, 6.07) is 6.87. The summed E-state index contributed by atoms with van der Waals surface area (Å²) in [5.74, 6) is -0.0959. The van der Waals surface area contributed by atoms with E-state index in [1.165, 1.54) is 18.7 Å². The molecule has 0 saturated heterocycles. The Balaban J connectivity index is 2.60. The van der Waals surface area contributed by atoms with Gasteiger partial charge in [0.15, 0.2) is 5.78 Å². The highest BCUT2D eigenvalue weighted by molar-refractivity contribution is 8.23. The number of benzene rings is 1. The number of hydrogen-bond donors (Lipinski definition) is 1. The summed E-state index contributed by atoms with van der Waals surface area (Å²) in [6.45, 7) is 9.10. The number of Topliss-reactive ketones (excluding diaryl/α,β-unsaturated/α-hetero) is 1. The number of anilines is 1. The van der Waals surface area contributed by atoms with Crippen LogP contribution in [-0.4, -0.2) is 39.3 Å². The van der Waals surface area contributed by atoms with Crippen LogP contribution in [0.5, 0.6) is 0 Å². The Hall–Kier alpha value is -1.40. The highest BCUT2D eigenvalue weighted by Gasteiger charge is 2.18. The van der Waals surface area contributed by atoms with Crippen LogP contribution in [0.3, 0.4) is 0 Å². The molecule has 0 saturated carbocycles. The molecule has 0 aliphatic carbocycles. The second-order valence-corrected chi connectivity index (χ2v) is 6.80. The third-order valence-electron chi connectivity index (χ3n) is 3.23. The molecular weight excluding hydrogens is 316 g/mol. The first kappa shape index (κ1) is 18.6. The lowest BCUT2D eigenvalue weighted by atomic mass is 10.1. The number of nitrogens with one attached hydrogen (secondary N) is 1. The fraction of sp³-hybridized carbons (Fsp3) is 0.438. The van der Waals surface area contributed by atoms with Gasteiger partial charge in [-0.3, -0.25) is 9.59 Å². The van der Waals surface area contributed by atoms with Crippen molar-refractivity contribution < 1.29 is 9.59 Å². The van der Waals surface area contributed by atoms with E-state index in [1.807, 2.05) is 25.7 Å². The minimum atomic E-state index is -0.277. The van der Waals surface area contributed by atoms with Gasteiger partial charge in [0.05, 0.1) is 5.25 Å². The SMILES string of the molecule is CCN(CC)C(=S)SC(C)C(=O)Nc1ccc(C(C)=O)cc1. The zero-order valence-electron chi connectivity index (χ0n) is 13.4. The molecule has 120 valence electrons. The molecule has 0 aliphatic rings. The Bertz CT molecular complexity index is 540. The van der Waals surface area contributed by atoms with Crippen LogP contribution in [0, 0.1) is 0 Å². The molecule has 1 rings (SSSR count). The topological polar surface area (TPSA) is 49.4 Å². The van der Waals surface area contributed by atoms with E-state index >= 15 is 0 Å².